The Labute approximate surface area is 192 Å². The van der Waals surface area contributed by atoms with Gasteiger partial charge in [0.15, 0.2) is 5.78 Å². The fourth-order valence-electron chi connectivity index (χ4n) is 4.77. The average molecular weight is 452 g/mol. The van der Waals surface area contributed by atoms with Crippen molar-refractivity contribution in [1.82, 2.24) is 0 Å². The van der Waals surface area contributed by atoms with E-state index in [2.05, 4.69) is 26.0 Å². The molecule has 160 valence electrons. The molecule has 2 aliphatic rings. The highest BCUT2D eigenvalue weighted by Crippen LogP contribution is 2.51. The van der Waals surface area contributed by atoms with E-state index in [0.717, 1.165) is 32.3 Å². The minimum Gasteiger partial charge on any atom is -0.384 e. The van der Waals surface area contributed by atoms with Crippen LogP contribution >= 0.6 is 22.9 Å². The molecule has 6 heteroatoms. The molecule has 1 aromatic carbocycles. The highest BCUT2D eigenvalue weighted by atomic mass is 35.5. The molecule has 0 unspecified atom stereocenters. The summed E-state index contributed by atoms with van der Waals surface area (Å²) in [7, 11) is 0. The van der Waals surface area contributed by atoms with Gasteiger partial charge in [0.1, 0.15) is 5.82 Å². The summed E-state index contributed by atoms with van der Waals surface area (Å²) in [6.07, 6.45) is 1.14. The summed E-state index contributed by atoms with van der Waals surface area (Å²) in [4.78, 5) is 17.7. The smallest absolute Gasteiger partial charge is 0.162 e. The third-order valence-electron chi connectivity index (χ3n) is 6.18. The van der Waals surface area contributed by atoms with Gasteiger partial charge in [-0.3, -0.25) is 9.69 Å². The van der Waals surface area contributed by atoms with Crippen LogP contribution in [-0.4, -0.2) is 5.78 Å². The molecule has 0 fully saturated rings. The molecule has 2 aromatic rings. The first-order valence-electron chi connectivity index (χ1n) is 10.3. The quantitative estimate of drug-likeness (QED) is 0.584. The number of nitriles is 1. The van der Waals surface area contributed by atoms with Crippen LogP contribution in [-0.2, 0) is 4.79 Å². The number of carbonyl (C=O) groups excluding carboxylic acids is 1. The van der Waals surface area contributed by atoms with Gasteiger partial charge in [0.2, 0.25) is 0 Å². The number of aryl methyl sites for hydroxylation is 3. The van der Waals surface area contributed by atoms with Gasteiger partial charge in [-0.25, -0.2) is 0 Å². The summed E-state index contributed by atoms with van der Waals surface area (Å²) in [5.41, 5.74) is 11.2. The molecule has 2 heterocycles. The van der Waals surface area contributed by atoms with Crippen LogP contribution in [0.15, 0.2) is 46.9 Å². The molecule has 0 spiro atoms. The maximum Gasteiger partial charge on any atom is 0.162 e. The third kappa shape index (κ3) is 3.58. The summed E-state index contributed by atoms with van der Waals surface area (Å²) in [6.45, 7) is 10.2. The van der Waals surface area contributed by atoms with Gasteiger partial charge in [0.05, 0.1) is 17.6 Å². The van der Waals surface area contributed by atoms with Gasteiger partial charge in [0.25, 0.3) is 0 Å². The summed E-state index contributed by atoms with van der Waals surface area (Å²) in [5, 5.41) is 10.8. The Bertz CT molecular complexity index is 1210. The van der Waals surface area contributed by atoms with Crippen LogP contribution in [0.4, 0.5) is 5.69 Å². The number of hydrogen-bond acceptors (Lipinski definition) is 5. The highest BCUT2D eigenvalue weighted by molar-refractivity contribution is 7.12. The number of thiophene rings is 1. The maximum atomic E-state index is 13.5. The summed E-state index contributed by atoms with van der Waals surface area (Å²) >= 11 is 8.11. The van der Waals surface area contributed by atoms with Crippen LogP contribution in [0.3, 0.4) is 0 Å². The van der Waals surface area contributed by atoms with E-state index >= 15 is 0 Å². The SMILES string of the molecule is Cc1cc([C@@H]2C(C#N)=C(N)N(c3ccc(C)c(Cl)c3)C3=C2C(=O)CC(C)(C)C3)c(C)s1. The lowest BCUT2D eigenvalue weighted by molar-refractivity contribution is -0.118. The number of rotatable bonds is 2. The van der Waals surface area contributed by atoms with Crippen LogP contribution in [0.25, 0.3) is 0 Å². The van der Waals surface area contributed by atoms with Crippen molar-refractivity contribution in [3.8, 4) is 6.07 Å². The first-order chi connectivity index (χ1) is 14.5. The second kappa shape index (κ2) is 7.55. The number of hydrogen-bond donors (Lipinski definition) is 1. The largest absolute Gasteiger partial charge is 0.384 e. The number of nitrogens with two attached hydrogens (primary N) is 1. The number of carbonyl (C=O) groups is 1. The number of anilines is 1. The lowest BCUT2D eigenvalue weighted by Crippen LogP contribution is -2.42. The normalized spacial score (nSPS) is 20.7. The van der Waals surface area contributed by atoms with Crippen molar-refractivity contribution in [2.24, 2.45) is 11.1 Å². The number of halogens is 1. The summed E-state index contributed by atoms with van der Waals surface area (Å²) < 4.78 is 0. The zero-order valence-electron chi connectivity index (χ0n) is 18.5. The lowest BCUT2D eigenvalue weighted by atomic mass is 9.68. The molecule has 31 heavy (non-hydrogen) atoms. The van der Waals surface area contributed by atoms with Crippen LogP contribution in [0.2, 0.25) is 5.02 Å². The van der Waals surface area contributed by atoms with Gasteiger partial charge >= 0.3 is 0 Å². The molecule has 0 saturated heterocycles. The van der Waals surface area contributed by atoms with E-state index in [4.69, 9.17) is 17.3 Å². The van der Waals surface area contributed by atoms with E-state index < -0.39 is 5.92 Å². The zero-order chi connectivity index (χ0) is 22.7. The average Bonchev–Trinajstić information content (AvgIpc) is 3.00. The molecule has 1 aromatic heterocycles. The number of Topliss-reactive ketones (excluding diaryl/α,β-unsaturated/α-hetero) is 1. The number of benzene rings is 1. The molecule has 0 saturated carbocycles. The number of ketones is 1. The molecular weight excluding hydrogens is 426 g/mol. The van der Waals surface area contributed by atoms with Crippen molar-refractivity contribution in [2.75, 3.05) is 4.90 Å². The fourth-order valence-corrected chi connectivity index (χ4v) is 5.91. The van der Waals surface area contributed by atoms with Gasteiger partial charge in [0, 0.05) is 38.2 Å². The van der Waals surface area contributed by atoms with E-state index in [-0.39, 0.29) is 11.2 Å². The third-order valence-corrected chi connectivity index (χ3v) is 7.57. The minimum absolute atomic E-state index is 0.0861. The maximum absolute atomic E-state index is 13.5. The molecule has 1 aliphatic carbocycles. The van der Waals surface area contributed by atoms with E-state index in [1.54, 1.807) is 11.3 Å². The van der Waals surface area contributed by atoms with Crippen molar-refractivity contribution in [2.45, 2.75) is 53.4 Å². The van der Waals surface area contributed by atoms with E-state index in [1.165, 1.54) is 0 Å². The van der Waals surface area contributed by atoms with Gasteiger partial charge in [-0.05, 0) is 61.9 Å². The summed E-state index contributed by atoms with van der Waals surface area (Å²) in [6, 6.07) is 10.2. The van der Waals surface area contributed by atoms with Crippen molar-refractivity contribution in [3.05, 3.63) is 72.8 Å². The Kier molecular flexibility index (Phi) is 5.28. The van der Waals surface area contributed by atoms with E-state index in [0.29, 0.717) is 34.8 Å². The molecule has 4 rings (SSSR count). The predicted octanol–water partition coefficient (Wildman–Crippen LogP) is 6.27. The Hall–Kier alpha value is -2.55. The molecular formula is C25H26ClN3OS. The Morgan fingerprint density at radius 2 is 1.94 bits per heavy atom. The predicted molar refractivity (Wildman–Crippen MR) is 127 cm³/mol. The molecule has 0 radical (unpaired) electrons. The van der Waals surface area contributed by atoms with Crippen molar-refractivity contribution in [1.29, 1.82) is 5.26 Å². The fraction of sp³-hybridized carbons (Fsp3) is 0.360. The van der Waals surface area contributed by atoms with Gasteiger partial charge in [-0.2, -0.15) is 5.26 Å². The number of allylic oxidation sites excluding steroid dienone is 3. The van der Waals surface area contributed by atoms with Crippen molar-refractivity contribution >= 4 is 34.4 Å². The highest BCUT2D eigenvalue weighted by Gasteiger charge is 2.45. The first kappa shape index (κ1) is 21.7. The Balaban J connectivity index is 2.02. The molecule has 1 aliphatic heterocycles. The molecule has 0 bridgehead atoms. The topological polar surface area (TPSA) is 70.1 Å². The van der Waals surface area contributed by atoms with Crippen LogP contribution in [0.1, 0.15) is 53.5 Å². The summed E-state index contributed by atoms with van der Waals surface area (Å²) in [5.74, 6) is 0.0357. The van der Waals surface area contributed by atoms with Gasteiger partial charge < -0.3 is 5.73 Å². The van der Waals surface area contributed by atoms with E-state index in [1.807, 2.05) is 43.9 Å². The zero-order valence-corrected chi connectivity index (χ0v) is 20.0. The monoisotopic (exact) mass is 451 g/mol. The van der Waals surface area contributed by atoms with Crippen molar-refractivity contribution in [3.63, 3.8) is 0 Å². The standard InChI is InChI=1S/C25H26ClN3OS/c1-13-6-7-16(9-19(13)26)29-20-10-25(4,5)11-21(30)23(20)22(18(12-27)24(29)28)17-8-14(2)31-15(17)3/h6-9,22H,10-11,28H2,1-5H3/t22-/m1/s1. The Morgan fingerprint density at radius 1 is 1.23 bits per heavy atom. The van der Waals surface area contributed by atoms with Gasteiger partial charge in [-0.15, -0.1) is 11.3 Å². The lowest BCUT2D eigenvalue weighted by Gasteiger charge is -2.43. The second-order valence-corrected chi connectivity index (χ2v) is 11.2. The van der Waals surface area contributed by atoms with E-state index in [9.17, 15) is 10.1 Å². The molecule has 4 nitrogen and oxygen atoms in total. The molecule has 1 atom stereocenters. The van der Waals surface area contributed by atoms with Crippen LogP contribution in [0.5, 0.6) is 0 Å². The van der Waals surface area contributed by atoms with Crippen molar-refractivity contribution < 1.29 is 4.79 Å². The second-order valence-electron chi connectivity index (χ2n) is 9.28. The first-order valence-corrected chi connectivity index (χ1v) is 11.5. The number of nitrogens with zero attached hydrogens (tertiary/aromatic N) is 2. The Morgan fingerprint density at radius 3 is 2.52 bits per heavy atom. The molecule has 0 amide bonds. The minimum atomic E-state index is -0.425. The van der Waals surface area contributed by atoms with Gasteiger partial charge in [-0.1, -0.05) is 31.5 Å². The van der Waals surface area contributed by atoms with Crippen LogP contribution in [0, 0.1) is 37.5 Å². The molecule has 2 N–H and O–H groups in total. The van der Waals surface area contributed by atoms with Crippen LogP contribution < -0.4 is 10.6 Å².